The van der Waals surface area contributed by atoms with Crippen LogP contribution < -0.4 is 0 Å². The number of aryl methyl sites for hydroxylation is 2. The lowest BCUT2D eigenvalue weighted by molar-refractivity contribution is 0.609. The minimum atomic E-state index is -0.296. The molecule has 2 heterocycles. The van der Waals surface area contributed by atoms with Crippen LogP contribution in [0.25, 0.3) is 5.69 Å². The van der Waals surface area contributed by atoms with Crippen LogP contribution in [0.5, 0.6) is 0 Å². The molecule has 0 saturated heterocycles. The predicted octanol–water partition coefficient (Wildman–Crippen LogP) is 2.63. The van der Waals surface area contributed by atoms with Crippen LogP contribution >= 0.6 is 0 Å². The van der Waals surface area contributed by atoms with Gasteiger partial charge in [0.15, 0.2) is 5.82 Å². The Bertz CT molecular complexity index is 441. The van der Waals surface area contributed by atoms with Gasteiger partial charge in [-0.3, -0.25) is 4.98 Å². The third-order valence-electron chi connectivity index (χ3n) is 2.26. The van der Waals surface area contributed by atoms with Crippen LogP contribution in [-0.2, 0) is 0 Å². The Balaban J connectivity index is 2.66. The van der Waals surface area contributed by atoms with Crippen molar-refractivity contribution in [3.8, 4) is 5.69 Å². The minimum Gasteiger partial charge on any atom is -0.316 e. The predicted molar refractivity (Wildman–Crippen MR) is 53.0 cm³/mol. The van der Waals surface area contributed by atoms with Crippen molar-refractivity contribution in [3.05, 3.63) is 47.8 Å². The lowest BCUT2D eigenvalue weighted by atomic mass is 10.3. The Morgan fingerprint density at radius 2 is 1.79 bits per heavy atom. The SMILES string of the molecule is Cc1ccc(C)n1-c1ccncc1F. The van der Waals surface area contributed by atoms with Crippen LogP contribution in [0.2, 0.25) is 0 Å². The Hall–Kier alpha value is -1.64. The molecule has 0 aliphatic heterocycles. The second kappa shape index (κ2) is 3.25. The van der Waals surface area contributed by atoms with E-state index in [4.69, 9.17) is 0 Å². The van der Waals surface area contributed by atoms with Gasteiger partial charge >= 0.3 is 0 Å². The number of aromatic nitrogens is 2. The quantitative estimate of drug-likeness (QED) is 0.676. The summed E-state index contributed by atoms with van der Waals surface area (Å²) in [5.74, 6) is -0.296. The van der Waals surface area contributed by atoms with Gasteiger partial charge in [0.2, 0.25) is 0 Å². The highest BCUT2D eigenvalue weighted by Crippen LogP contribution is 2.17. The molecule has 2 nitrogen and oxygen atoms in total. The van der Waals surface area contributed by atoms with Crippen molar-refractivity contribution in [2.45, 2.75) is 13.8 Å². The topological polar surface area (TPSA) is 17.8 Å². The number of pyridine rings is 1. The molecule has 0 amide bonds. The monoisotopic (exact) mass is 190 g/mol. The van der Waals surface area contributed by atoms with E-state index in [0.717, 1.165) is 11.4 Å². The molecule has 0 bridgehead atoms. The zero-order valence-electron chi connectivity index (χ0n) is 8.16. The number of hydrogen-bond acceptors (Lipinski definition) is 1. The van der Waals surface area contributed by atoms with E-state index in [9.17, 15) is 4.39 Å². The molecule has 0 atom stereocenters. The van der Waals surface area contributed by atoms with Crippen LogP contribution in [0.15, 0.2) is 30.6 Å². The number of halogens is 1. The molecule has 0 spiro atoms. The molecule has 14 heavy (non-hydrogen) atoms. The Kier molecular flexibility index (Phi) is 2.08. The molecule has 2 aromatic heterocycles. The van der Waals surface area contributed by atoms with Crippen LogP contribution in [0.3, 0.4) is 0 Å². The van der Waals surface area contributed by atoms with E-state index in [0.29, 0.717) is 5.69 Å². The van der Waals surface area contributed by atoms with Gasteiger partial charge in [-0.2, -0.15) is 0 Å². The van der Waals surface area contributed by atoms with Crippen molar-refractivity contribution in [1.82, 2.24) is 9.55 Å². The molecule has 0 radical (unpaired) electrons. The molecule has 2 aromatic rings. The summed E-state index contributed by atoms with van der Waals surface area (Å²) in [6, 6.07) is 5.61. The molecule has 0 aliphatic rings. The van der Waals surface area contributed by atoms with Crippen LogP contribution in [0, 0.1) is 19.7 Å². The van der Waals surface area contributed by atoms with Crippen molar-refractivity contribution >= 4 is 0 Å². The van der Waals surface area contributed by atoms with Gasteiger partial charge in [-0.05, 0) is 32.0 Å². The second-order valence-electron chi connectivity index (χ2n) is 3.28. The zero-order valence-corrected chi connectivity index (χ0v) is 8.16. The third-order valence-corrected chi connectivity index (χ3v) is 2.26. The summed E-state index contributed by atoms with van der Waals surface area (Å²) in [6.07, 6.45) is 2.82. The number of hydrogen-bond donors (Lipinski definition) is 0. The molecule has 0 unspecified atom stereocenters. The van der Waals surface area contributed by atoms with Gasteiger partial charge in [0.1, 0.15) is 0 Å². The summed E-state index contributed by atoms with van der Waals surface area (Å²) in [6.45, 7) is 3.90. The van der Waals surface area contributed by atoms with Crippen LogP contribution in [0.1, 0.15) is 11.4 Å². The molecule has 0 aromatic carbocycles. The third kappa shape index (κ3) is 1.31. The standard InChI is InChI=1S/C11H11FN2/c1-8-3-4-9(2)14(8)11-5-6-13-7-10(11)12/h3-7H,1-2H3. The highest BCUT2D eigenvalue weighted by atomic mass is 19.1. The smallest absolute Gasteiger partial charge is 0.165 e. The van der Waals surface area contributed by atoms with Crippen molar-refractivity contribution in [3.63, 3.8) is 0 Å². The van der Waals surface area contributed by atoms with Gasteiger partial charge in [0, 0.05) is 17.6 Å². The first kappa shape index (κ1) is 8.94. The average Bonchev–Trinajstić information content (AvgIpc) is 2.48. The second-order valence-corrected chi connectivity index (χ2v) is 3.28. The van der Waals surface area contributed by atoms with E-state index in [2.05, 4.69) is 4.98 Å². The molecule has 0 N–H and O–H groups in total. The fraction of sp³-hybridized carbons (Fsp3) is 0.182. The largest absolute Gasteiger partial charge is 0.316 e. The first-order valence-electron chi connectivity index (χ1n) is 4.45. The molecule has 0 aliphatic carbocycles. The fourth-order valence-electron chi connectivity index (χ4n) is 1.60. The van der Waals surface area contributed by atoms with E-state index in [1.807, 2.05) is 30.5 Å². The lowest BCUT2D eigenvalue weighted by Crippen LogP contribution is -2.01. The van der Waals surface area contributed by atoms with E-state index in [1.54, 1.807) is 12.3 Å². The highest BCUT2D eigenvalue weighted by molar-refractivity contribution is 5.37. The number of nitrogens with zero attached hydrogens (tertiary/aromatic N) is 2. The molecule has 3 heteroatoms. The van der Waals surface area contributed by atoms with E-state index >= 15 is 0 Å². The summed E-state index contributed by atoms with van der Waals surface area (Å²) in [4.78, 5) is 3.73. The van der Waals surface area contributed by atoms with Crippen molar-refractivity contribution in [1.29, 1.82) is 0 Å². The van der Waals surface area contributed by atoms with E-state index in [-0.39, 0.29) is 5.82 Å². The first-order valence-corrected chi connectivity index (χ1v) is 4.45. The van der Waals surface area contributed by atoms with Gasteiger partial charge in [-0.25, -0.2) is 4.39 Å². The molecule has 0 fully saturated rings. The summed E-state index contributed by atoms with van der Waals surface area (Å²) >= 11 is 0. The van der Waals surface area contributed by atoms with Crippen LogP contribution in [-0.4, -0.2) is 9.55 Å². The summed E-state index contributed by atoms with van der Waals surface area (Å²) in [5, 5.41) is 0. The molecule has 2 rings (SSSR count). The summed E-state index contributed by atoms with van der Waals surface area (Å²) < 4.78 is 15.3. The van der Waals surface area contributed by atoms with E-state index in [1.165, 1.54) is 6.20 Å². The maximum Gasteiger partial charge on any atom is 0.165 e. The first-order chi connectivity index (χ1) is 6.70. The normalized spacial score (nSPS) is 10.5. The van der Waals surface area contributed by atoms with Gasteiger partial charge < -0.3 is 4.57 Å². The Morgan fingerprint density at radius 3 is 2.36 bits per heavy atom. The molecule has 72 valence electrons. The fourth-order valence-corrected chi connectivity index (χ4v) is 1.60. The van der Waals surface area contributed by atoms with Gasteiger partial charge in [0.05, 0.1) is 11.9 Å². The number of rotatable bonds is 1. The van der Waals surface area contributed by atoms with Gasteiger partial charge in [0.25, 0.3) is 0 Å². The van der Waals surface area contributed by atoms with Gasteiger partial charge in [-0.15, -0.1) is 0 Å². The molecule has 0 saturated carbocycles. The maximum atomic E-state index is 13.4. The van der Waals surface area contributed by atoms with Crippen molar-refractivity contribution in [2.24, 2.45) is 0 Å². The van der Waals surface area contributed by atoms with Crippen molar-refractivity contribution in [2.75, 3.05) is 0 Å². The van der Waals surface area contributed by atoms with Gasteiger partial charge in [-0.1, -0.05) is 0 Å². The molecular weight excluding hydrogens is 179 g/mol. The Morgan fingerprint density at radius 1 is 1.14 bits per heavy atom. The zero-order chi connectivity index (χ0) is 10.1. The average molecular weight is 190 g/mol. The van der Waals surface area contributed by atoms with Crippen LogP contribution in [0.4, 0.5) is 4.39 Å². The summed E-state index contributed by atoms with van der Waals surface area (Å²) in [7, 11) is 0. The molecular formula is C11H11FN2. The maximum absolute atomic E-state index is 13.4. The summed E-state index contributed by atoms with van der Waals surface area (Å²) in [5.41, 5.74) is 2.60. The minimum absolute atomic E-state index is 0.296. The highest BCUT2D eigenvalue weighted by Gasteiger charge is 2.07. The lowest BCUT2D eigenvalue weighted by Gasteiger charge is -2.09. The van der Waals surface area contributed by atoms with E-state index < -0.39 is 0 Å². The Labute approximate surface area is 82.0 Å². The van der Waals surface area contributed by atoms with Crippen molar-refractivity contribution < 1.29 is 4.39 Å².